The molecule has 0 aliphatic heterocycles. The van der Waals surface area contributed by atoms with Crippen LogP contribution in [0.3, 0.4) is 0 Å². The second-order valence-corrected chi connectivity index (χ2v) is 12.6. The van der Waals surface area contributed by atoms with Crippen LogP contribution in [-0.4, -0.2) is 114 Å². The van der Waals surface area contributed by atoms with Crippen LogP contribution in [-0.2, 0) is 19.6 Å². The van der Waals surface area contributed by atoms with Crippen molar-refractivity contribution in [2.75, 3.05) is 65.4 Å². The Labute approximate surface area is 339 Å². The van der Waals surface area contributed by atoms with E-state index < -0.39 is 0 Å². The number of phenols is 3. The molecule has 0 radical (unpaired) electrons. The maximum Gasteiger partial charge on any atom is 0.153 e. The van der Waals surface area contributed by atoms with E-state index in [2.05, 4.69) is 75.9 Å². The van der Waals surface area contributed by atoms with Crippen molar-refractivity contribution in [2.45, 2.75) is 61.2 Å². The van der Waals surface area contributed by atoms with Crippen LogP contribution in [0.5, 0.6) is 17.2 Å². The van der Waals surface area contributed by atoms with Crippen LogP contribution in [0.4, 0.5) is 0 Å². The molecule has 3 rings (SSSR count). The average Bonchev–Trinajstić information content (AvgIpc) is 3.18. The van der Waals surface area contributed by atoms with Crippen molar-refractivity contribution in [3.63, 3.8) is 0 Å². The van der Waals surface area contributed by atoms with Gasteiger partial charge in [-0.25, -0.2) is 9.67 Å². The summed E-state index contributed by atoms with van der Waals surface area (Å²) in [6.45, 7) is 23.6. The summed E-state index contributed by atoms with van der Waals surface area (Å²) in [4.78, 5) is 31.2. The normalized spacial score (nSPS) is 11.1. The highest BCUT2D eigenvalue weighted by molar-refractivity contribution is 6.14. The number of benzene rings is 3. The van der Waals surface area contributed by atoms with Gasteiger partial charge in [0.2, 0.25) is 0 Å². The fraction of sp³-hybridized carbons (Fsp3) is 0.475. The first-order valence-electron chi connectivity index (χ1n) is 18.4. The maximum atomic E-state index is 10.6. The van der Waals surface area contributed by atoms with Gasteiger partial charge >= 0.3 is 0 Å². The molecule has 0 amide bonds. The minimum absolute atomic E-state index is 0. The van der Waals surface area contributed by atoms with Crippen LogP contribution < -0.4 is 9.67 Å². The number of carbonyl (C=O) groups is 1. The predicted molar refractivity (Wildman–Crippen MR) is 229 cm³/mol. The highest BCUT2D eigenvalue weighted by Crippen LogP contribution is 2.20. The Morgan fingerprint density at radius 3 is 1.13 bits per heavy atom. The Balaban J connectivity index is 0.00000105. The summed E-state index contributed by atoms with van der Waals surface area (Å²) in [5.41, 5.74) is 5.18. The van der Waals surface area contributed by atoms with Gasteiger partial charge in [0.1, 0.15) is 17.2 Å². The molecule has 0 unspecified atom stereocenters. The van der Waals surface area contributed by atoms with Crippen molar-refractivity contribution in [3.8, 4) is 17.2 Å². The zero-order valence-corrected chi connectivity index (χ0v) is 35.1. The van der Waals surface area contributed by atoms with Gasteiger partial charge in [-0.05, 0) is 116 Å². The number of aldehydes is 1. The SMILES string of the molecule is CCN(CC)Cc1ccc(O)c(C=NCCN=Cc2cc(CN(CC)CC)ccc2O)c1.CCN(CC)Cc1ccc(O)c(C=O)c1.Cl.ClNCCNCl. The number of carbonyl (C=O) groups excluding carboxylic acids is 1. The highest BCUT2D eigenvalue weighted by Gasteiger charge is 2.07. The van der Waals surface area contributed by atoms with Crippen molar-refractivity contribution in [1.29, 1.82) is 0 Å². The van der Waals surface area contributed by atoms with E-state index in [9.17, 15) is 20.1 Å². The fourth-order valence-electron chi connectivity index (χ4n) is 5.06. The standard InChI is InChI=1S/C26H38N4O2.C12H17NO2.C2H6Cl2N2.ClH/c1-5-29(6-2)19-21-9-11-25(31)23(15-21)17-27-13-14-28-18-24-16-22(10-12-26(24)32)20-30(7-3)8-4;1-3-13(4-2)8-10-5-6-12(15)11(7-10)9-14;3-5-1-2-6-4;/h9-12,15-18,31-32H,5-8,13-14,19-20H2,1-4H3;5-7,9,15H,3-4,8H2,1-2H3;5-6H,1-2H2;1H. The van der Waals surface area contributed by atoms with Gasteiger partial charge in [-0.2, -0.15) is 0 Å². The molecule has 3 aromatic rings. The van der Waals surface area contributed by atoms with Crippen molar-refractivity contribution in [1.82, 2.24) is 24.4 Å². The Kier molecular flexibility index (Phi) is 29.1. The predicted octanol–water partition coefficient (Wildman–Crippen LogP) is 7.26. The van der Waals surface area contributed by atoms with Crippen molar-refractivity contribution in [2.24, 2.45) is 9.98 Å². The molecular formula is C40H62Cl3N7O4. The monoisotopic (exact) mass is 809 g/mol. The largest absolute Gasteiger partial charge is 0.507 e. The molecule has 11 nitrogen and oxygen atoms in total. The second-order valence-electron chi connectivity index (χ2n) is 12.0. The zero-order valence-electron chi connectivity index (χ0n) is 32.8. The van der Waals surface area contributed by atoms with E-state index in [0.29, 0.717) is 38.0 Å². The number of aromatic hydroxyl groups is 3. The lowest BCUT2D eigenvalue weighted by Gasteiger charge is -2.18. The molecule has 14 heteroatoms. The minimum atomic E-state index is 0. The lowest BCUT2D eigenvalue weighted by molar-refractivity contribution is 0.112. The van der Waals surface area contributed by atoms with E-state index in [1.54, 1.807) is 36.7 Å². The van der Waals surface area contributed by atoms with Gasteiger partial charge in [0.25, 0.3) is 0 Å². The molecule has 0 aliphatic carbocycles. The smallest absolute Gasteiger partial charge is 0.153 e. The van der Waals surface area contributed by atoms with E-state index in [4.69, 9.17) is 23.6 Å². The van der Waals surface area contributed by atoms with Gasteiger partial charge in [-0.3, -0.25) is 29.5 Å². The van der Waals surface area contributed by atoms with E-state index in [-0.39, 0.29) is 29.7 Å². The molecule has 0 heterocycles. The highest BCUT2D eigenvalue weighted by atomic mass is 35.5. The summed E-state index contributed by atoms with van der Waals surface area (Å²) < 4.78 is 0. The summed E-state index contributed by atoms with van der Waals surface area (Å²) in [6.07, 6.45) is 4.10. The lowest BCUT2D eigenvalue weighted by Crippen LogP contribution is -2.22. The third-order valence-corrected chi connectivity index (χ3v) is 8.82. The zero-order chi connectivity index (χ0) is 39.4. The summed E-state index contributed by atoms with van der Waals surface area (Å²) in [6, 6.07) is 16.5. The maximum absolute atomic E-state index is 10.6. The Morgan fingerprint density at radius 1 is 0.556 bits per heavy atom. The van der Waals surface area contributed by atoms with Gasteiger partial charge in [0.05, 0.1) is 18.7 Å². The molecule has 0 bridgehead atoms. The molecule has 0 fully saturated rings. The first-order valence-corrected chi connectivity index (χ1v) is 19.1. The van der Waals surface area contributed by atoms with Gasteiger partial charge < -0.3 is 15.3 Å². The molecule has 0 aliphatic rings. The number of phenolic OH excluding ortho intramolecular Hbond substituents is 3. The minimum Gasteiger partial charge on any atom is -0.507 e. The molecule has 54 heavy (non-hydrogen) atoms. The Bertz CT molecular complexity index is 1420. The molecule has 0 saturated carbocycles. The van der Waals surface area contributed by atoms with Crippen LogP contribution in [0.1, 0.15) is 79.7 Å². The number of nitrogens with one attached hydrogen (secondary N) is 2. The van der Waals surface area contributed by atoms with E-state index in [0.717, 1.165) is 86.7 Å². The summed E-state index contributed by atoms with van der Waals surface area (Å²) in [7, 11) is 0. The second kappa shape index (κ2) is 31.0. The Morgan fingerprint density at radius 2 is 0.852 bits per heavy atom. The van der Waals surface area contributed by atoms with Crippen LogP contribution in [0.2, 0.25) is 0 Å². The van der Waals surface area contributed by atoms with Crippen LogP contribution in [0, 0.1) is 0 Å². The van der Waals surface area contributed by atoms with Crippen molar-refractivity contribution in [3.05, 3.63) is 88.0 Å². The third kappa shape index (κ3) is 20.4. The third-order valence-electron chi connectivity index (χ3n) is 8.44. The summed E-state index contributed by atoms with van der Waals surface area (Å²) in [5, 5.41) is 29.6. The number of hydrogen-bond donors (Lipinski definition) is 5. The van der Waals surface area contributed by atoms with Crippen LogP contribution >= 0.6 is 36.0 Å². The number of rotatable bonds is 21. The first kappa shape index (κ1) is 50.7. The fourth-order valence-corrected chi connectivity index (χ4v) is 5.25. The molecule has 3 aromatic carbocycles. The molecule has 0 saturated heterocycles. The summed E-state index contributed by atoms with van der Waals surface area (Å²) in [5.74, 6) is 0.513. The number of aliphatic imine (C=N–C) groups is 2. The van der Waals surface area contributed by atoms with Crippen LogP contribution in [0.25, 0.3) is 0 Å². The number of hydrogen-bond acceptors (Lipinski definition) is 11. The Hall–Kier alpha value is -3.26. The average molecular weight is 811 g/mol. The van der Waals surface area contributed by atoms with Gasteiger partial charge in [-0.15, -0.1) is 12.4 Å². The number of halogens is 3. The topological polar surface area (TPSA) is 136 Å². The lowest BCUT2D eigenvalue weighted by atomic mass is 10.1. The van der Waals surface area contributed by atoms with Gasteiger partial charge in [0.15, 0.2) is 6.29 Å². The van der Waals surface area contributed by atoms with E-state index in [1.807, 2.05) is 30.3 Å². The molecule has 0 spiro atoms. The number of nitrogens with zero attached hydrogens (tertiary/aromatic N) is 5. The molecule has 5 N–H and O–H groups in total. The quantitative estimate of drug-likeness (QED) is 0.0326. The molecule has 0 aromatic heterocycles. The van der Waals surface area contributed by atoms with Crippen molar-refractivity contribution < 1.29 is 20.1 Å². The first-order chi connectivity index (χ1) is 25.6. The van der Waals surface area contributed by atoms with Gasteiger partial charge in [0, 0.05) is 56.3 Å². The van der Waals surface area contributed by atoms with Crippen molar-refractivity contribution >= 4 is 54.7 Å². The van der Waals surface area contributed by atoms with Crippen LogP contribution in [0.15, 0.2) is 64.6 Å². The molecule has 302 valence electrons. The van der Waals surface area contributed by atoms with Gasteiger partial charge in [-0.1, -0.05) is 59.7 Å². The summed E-state index contributed by atoms with van der Waals surface area (Å²) >= 11 is 10.1. The van der Waals surface area contributed by atoms with E-state index in [1.165, 1.54) is 0 Å². The molecular weight excluding hydrogens is 749 g/mol. The van der Waals surface area contributed by atoms with E-state index >= 15 is 0 Å². The molecule has 0 atom stereocenters.